The van der Waals surface area contributed by atoms with Crippen LogP contribution in [0.5, 0.6) is 0 Å². The monoisotopic (exact) mass is 336 g/mol. The standard InChI is InChI=1S/C21H24N2O2/c1-15(2)20(24)22-13-14-23(21(25)16(22)3)19-12-8-7-11-18(19)17-9-5-4-6-10-17/h4-12,15-16H,13-14H2,1-3H3. The Balaban J connectivity index is 1.92. The van der Waals surface area contributed by atoms with E-state index < -0.39 is 6.04 Å². The number of amides is 2. The summed E-state index contributed by atoms with van der Waals surface area (Å²) >= 11 is 0. The van der Waals surface area contributed by atoms with E-state index in [1.165, 1.54) is 0 Å². The van der Waals surface area contributed by atoms with Crippen LogP contribution in [0.25, 0.3) is 11.1 Å². The lowest BCUT2D eigenvalue weighted by Crippen LogP contribution is -2.58. The van der Waals surface area contributed by atoms with Gasteiger partial charge in [-0.15, -0.1) is 0 Å². The molecule has 2 aromatic rings. The third kappa shape index (κ3) is 3.29. The summed E-state index contributed by atoms with van der Waals surface area (Å²) in [6.45, 7) is 6.64. The van der Waals surface area contributed by atoms with Crippen molar-refractivity contribution in [1.82, 2.24) is 4.90 Å². The molecular formula is C21H24N2O2. The largest absolute Gasteiger partial charge is 0.329 e. The number of nitrogens with zero attached hydrogens (tertiary/aromatic N) is 2. The van der Waals surface area contributed by atoms with Crippen LogP contribution in [0.2, 0.25) is 0 Å². The Hall–Kier alpha value is -2.62. The molecule has 0 bridgehead atoms. The van der Waals surface area contributed by atoms with Crippen LogP contribution in [0.1, 0.15) is 20.8 Å². The van der Waals surface area contributed by atoms with Gasteiger partial charge in [0.05, 0.1) is 5.69 Å². The minimum atomic E-state index is -0.438. The van der Waals surface area contributed by atoms with Crippen molar-refractivity contribution in [2.24, 2.45) is 5.92 Å². The Labute approximate surface area is 149 Å². The predicted octanol–water partition coefficient (Wildman–Crippen LogP) is 3.57. The van der Waals surface area contributed by atoms with Crippen molar-refractivity contribution in [1.29, 1.82) is 0 Å². The SMILES string of the molecule is CC(C)C(=O)N1CCN(c2ccccc2-c2ccccc2)C(=O)C1C. The topological polar surface area (TPSA) is 40.6 Å². The minimum absolute atomic E-state index is 0.0244. The third-order valence-corrected chi connectivity index (χ3v) is 4.71. The van der Waals surface area contributed by atoms with Gasteiger partial charge in [0, 0.05) is 24.6 Å². The summed E-state index contributed by atoms with van der Waals surface area (Å²) < 4.78 is 0. The number of hydrogen-bond acceptors (Lipinski definition) is 2. The van der Waals surface area contributed by atoms with Gasteiger partial charge in [0.1, 0.15) is 6.04 Å². The Bertz CT molecular complexity index is 770. The van der Waals surface area contributed by atoms with Crippen LogP contribution >= 0.6 is 0 Å². The molecule has 25 heavy (non-hydrogen) atoms. The van der Waals surface area contributed by atoms with E-state index in [9.17, 15) is 9.59 Å². The van der Waals surface area contributed by atoms with Crippen molar-refractivity contribution in [3.63, 3.8) is 0 Å². The number of para-hydroxylation sites is 1. The highest BCUT2D eigenvalue weighted by Gasteiger charge is 2.36. The maximum absolute atomic E-state index is 13.0. The first-order valence-electron chi connectivity index (χ1n) is 8.77. The molecule has 2 aromatic carbocycles. The molecule has 4 heteroatoms. The van der Waals surface area contributed by atoms with E-state index in [-0.39, 0.29) is 17.7 Å². The lowest BCUT2D eigenvalue weighted by Gasteiger charge is -2.40. The van der Waals surface area contributed by atoms with Crippen LogP contribution in [-0.4, -0.2) is 35.8 Å². The lowest BCUT2D eigenvalue weighted by atomic mass is 10.0. The molecule has 1 aliphatic heterocycles. The van der Waals surface area contributed by atoms with Gasteiger partial charge in [-0.25, -0.2) is 0 Å². The number of rotatable bonds is 3. The van der Waals surface area contributed by atoms with Crippen molar-refractivity contribution in [3.05, 3.63) is 54.6 Å². The van der Waals surface area contributed by atoms with E-state index in [2.05, 4.69) is 0 Å². The summed E-state index contributed by atoms with van der Waals surface area (Å²) in [5.41, 5.74) is 3.02. The summed E-state index contributed by atoms with van der Waals surface area (Å²) in [5, 5.41) is 0. The van der Waals surface area contributed by atoms with Crippen LogP contribution in [0, 0.1) is 5.92 Å². The van der Waals surface area contributed by atoms with Gasteiger partial charge in [-0.05, 0) is 18.6 Å². The second kappa shape index (κ2) is 7.09. The van der Waals surface area contributed by atoms with Crippen molar-refractivity contribution >= 4 is 17.5 Å². The van der Waals surface area contributed by atoms with Gasteiger partial charge in [-0.3, -0.25) is 9.59 Å². The fourth-order valence-corrected chi connectivity index (χ4v) is 3.31. The zero-order valence-corrected chi connectivity index (χ0v) is 15.0. The van der Waals surface area contributed by atoms with Gasteiger partial charge in [0.25, 0.3) is 0 Å². The molecule has 2 amide bonds. The molecule has 1 heterocycles. The molecule has 3 rings (SSSR count). The third-order valence-electron chi connectivity index (χ3n) is 4.71. The van der Waals surface area contributed by atoms with E-state index in [1.807, 2.05) is 80.3 Å². The lowest BCUT2D eigenvalue weighted by molar-refractivity contribution is -0.143. The van der Waals surface area contributed by atoms with Gasteiger partial charge in [0.15, 0.2) is 0 Å². The molecule has 1 aliphatic rings. The Kier molecular flexibility index (Phi) is 4.88. The molecule has 0 spiro atoms. The van der Waals surface area contributed by atoms with Crippen molar-refractivity contribution < 1.29 is 9.59 Å². The summed E-state index contributed by atoms with van der Waals surface area (Å²) in [7, 11) is 0. The number of benzene rings is 2. The van der Waals surface area contributed by atoms with Gasteiger partial charge in [-0.2, -0.15) is 0 Å². The number of carbonyl (C=O) groups excluding carboxylic acids is 2. The second-order valence-electron chi connectivity index (χ2n) is 6.74. The molecule has 130 valence electrons. The molecule has 0 radical (unpaired) electrons. The Morgan fingerprint density at radius 1 is 1.00 bits per heavy atom. The normalized spacial score (nSPS) is 17.9. The summed E-state index contributed by atoms with van der Waals surface area (Å²) in [5.74, 6) is -0.0844. The van der Waals surface area contributed by atoms with Crippen LogP contribution in [0.3, 0.4) is 0 Å². The van der Waals surface area contributed by atoms with Gasteiger partial charge < -0.3 is 9.80 Å². The van der Waals surface area contributed by atoms with Gasteiger partial charge >= 0.3 is 0 Å². The fourth-order valence-electron chi connectivity index (χ4n) is 3.31. The van der Waals surface area contributed by atoms with Crippen LogP contribution in [-0.2, 0) is 9.59 Å². The van der Waals surface area contributed by atoms with Crippen molar-refractivity contribution in [2.75, 3.05) is 18.0 Å². The highest BCUT2D eigenvalue weighted by atomic mass is 16.2. The highest BCUT2D eigenvalue weighted by molar-refractivity contribution is 6.03. The van der Waals surface area contributed by atoms with Crippen molar-refractivity contribution in [3.8, 4) is 11.1 Å². The van der Waals surface area contributed by atoms with Crippen LogP contribution < -0.4 is 4.90 Å². The smallest absolute Gasteiger partial charge is 0.249 e. The minimum Gasteiger partial charge on any atom is -0.329 e. The highest BCUT2D eigenvalue weighted by Crippen LogP contribution is 2.32. The predicted molar refractivity (Wildman–Crippen MR) is 100 cm³/mol. The molecule has 1 saturated heterocycles. The van der Waals surface area contributed by atoms with Gasteiger partial charge in [-0.1, -0.05) is 62.4 Å². The average molecular weight is 336 g/mol. The van der Waals surface area contributed by atoms with Crippen LogP contribution in [0.15, 0.2) is 54.6 Å². The Morgan fingerprint density at radius 2 is 1.64 bits per heavy atom. The van der Waals surface area contributed by atoms with Crippen molar-refractivity contribution in [2.45, 2.75) is 26.8 Å². The second-order valence-corrected chi connectivity index (χ2v) is 6.74. The molecule has 1 atom stereocenters. The molecule has 1 fully saturated rings. The number of piperazine rings is 1. The fraction of sp³-hybridized carbons (Fsp3) is 0.333. The van der Waals surface area contributed by atoms with Gasteiger partial charge in [0.2, 0.25) is 11.8 Å². The first-order chi connectivity index (χ1) is 12.0. The zero-order chi connectivity index (χ0) is 18.0. The number of anilines is 1. The zero-order valence-electron chi connectivity index (χ0n) is 15.0. The quantitative estimate of drug-likeness (QED) is 0.860. The van der Waals surface area contributed by atoms with E-state index >= 15 is 0 Å². The molecule has 0 N–H and O–H groups in total. The van der Waals surface area contributed by atoms with E-state index in [4.69, 9.17) is 0 Å². The average Bonchev–Trinajstić information content (AvgIpc) is 2.64. The Morgan fingerprint density at radius 3 is 2.32 bits per heavy atom. The molecule has 4 nitrogen and oxygen atoms in total. The summed E-state index contributed by atoms with van der Waals surface area (Å²) in [4.78, 5) is 28.8. The first-order valence-corrected chi connectivity index (χ1v) is 8.77. The number of carbonyl (C=O) groups is 2. The molecular weight excluding hydrogens is 312 g/mol. The summed E-state index contributed by atoms with van der Waals surface area (Å²) in [6, 6.07) is 17.6. The molecule has 0 saturated carbocycles. The summed E-state index contributed by atoms with van der Waals surface area (Å²) in [6.07, 6.45) is 0. The number of hydrogen-bond donors (Lipinski definition) is 0. The molecule has 0 aliphatic carbocycles. The first kappa shape index (κ1) is 17.2. The maximum Gasteiger partial charge on any atom is 0.249 e. The van der Waals surface area contributed by atoms with E-state index in [1.54, 1.807) is 4.90 Å². The molecule has 1 unspecified atom stereocenters. The molecule has 0 aromatic heterocycles. The van der Waals surface area contributed by atoms with E-state index in [0.29, 0.717) is 13.1 Å². The van der Waals surface area contributed by atoms with Crippen LogP contribution in [0.4, 0.5) is 5.69 Å². The maximum atomic E-state index is 13.0. The van der Waals surface area contributed by atoms with E-state index in [0.717, 1.165) is 16.8 Å².